The molecule has 2 rings (SSSR count). The van der Waals surface area contributed by atoms with E-state index in [1.54, 1.807) is 32.5 Å². The summed E-state index contributed by atoms with van der Waals surface area (Å²) in [5.74, 6) is 2.01. The van der Waals surface area contributed by atoms with Crippen LogP contribution in [0.15, 0.2) is 42.6 Å². The van der Waals surface area contributed by atoms with Crippen molar-refractivity contribution < 1.29 is 14.3 Å². The second-order valence-electron chi connectivity index (χ2n) is 4.46. The Labute approximate surface area is 129 Å². The Hall–Kier alpha value is -2.76. The Balaban J connectivity index is 1.76. The van der Waals surface area contributed by atoms with Gasteiger partial charge in [0.2, 0.25) is 0 Å². The molecule has 0 aliphatic rings. The van der Waals surface area contributed by atoms with Gasteiger partial charge in [-0.25, -0.2) is 4.98 Å². The average molecular weight is 301 g/mol. The number of carbonyl (C=O) groups excluding carboxylic acids is 1. The van der Waals surface area contributed by atoms with Crippen LogP contribution in [-0.2, 0) is 0 Å². The molecule has 1 aromatic heterocycles. The minimum Gasteiger partial charge on any atom is -0.497 e. The van der Waals surface area contributed by atoms with E-state index < -0.39 is 0 Å². The van der Waals surface area contributed by atoms with Gasteiger partial charge in [-0.1, -0.05) is 0 Å². The topological polar surface area (TPSA) is 72.5 Å². The lowest BCUT2D eigenvalue weighted by molar-refractivity contribution is 0.0947. The zero-order valence-electron chi connectivity index (χ0n) is 12.6. The molecule has 6 heteroatoms. The molecule has 0 bridgehead atoms. The van der Waals surface area contributed by atoms with Crippen molar-refractivity contribution in [1.82, 2.24) is 10.3 Å². The summed E-state index contributed by atoms with van der Waals surface area (Å²) in [6, 6.07) is 10.7. The van der Waals surface area contributed by atoms with Crippen LogP contribution in [0.2, 0.25) is 0 Å². The number of amides is 1. The van der Waals surface area contributed by atoms with Crippen molar-refractivity contribution in [3.8, 4) is 11.5 Å². The first-order valence-electron chi connectivity index (χ1n) is 6.92. The third-order valence-electron chi connectivity index (χ3n) is 2.99. The highest BCUT2D eigenvalue weighted by Crippen LogP contribution is 2.16. The Morgan fingerprint density at radius 3 is 2.59 bits per heavy atom. The van der Waals surface area contributed by atoms with Crippen LogP contribution in [0.25, 0.3) is 0 Å². The number of nitrogens with zero attached hydrogens (tertiary/aromatic N) is 1. The minimum absolute atomic E-state index is 0.155. The van der Waals surface area contributed by atoms with E-state index in [-0.39, 0.29) is 5.91 Å². The van der Waals surface area contributed by atoms with Crippen LogP contribution in [-0.4, -0.2) is 38.2 Å². The maximum absolute atomic E-state index is 12.0. The highest BCUT2D eigenvalue weighted by Gasteiger charge is 2.05. The first-order valence-corrected chi connectivity index (χ1v) is 6.92. The van der Waals surface area contributed by atoms with Crippen molar-refractivity contribution >= 4 is 11.7 Å². The molecule has 0 saturated carbocycles. The zero-order valence-corrected chi connectivity index (χ0v) is 12.6. The van der Waals surface area contributed by atoms with Gasteiger partial charge in [0.05, 0.1) is 13.7 Å². The van der Waals surface area contributed by atoms with E-state index in [2.05, 4.69) is 15.6 Å². The number of nitrogens with one attached hydrogen (secondary N) is 2. The van der Waals surface area contributed by atoms with E-state index in [0.29, 0.717) is 24.5 Å². The summed E-state index contributed by atoms with van der Waals surface area (Å²) in [4.78, 5) is 16.0. The number of carbonyl (C=O) groups is 1. The molecule has 116 valence electrons. The molecule has 0 fully saturated rings. The maximum atomic E-state index is 12.0. The molecule has 1 heterocycles. The van der Waals surface area contributed by atoms with Gasteiger partial charge < -0.3 is 20.1 Å². The lowest BCUT2D eigenvalue weighted by Crippen LogP contribution is -2.28. The van der Waals surface area contributed by atoms with Crippen molar-refractivity contribution in [3.63, 3.8) is 0 Å². The van der Waals surface area contributed by atoms with Gasteiger partial charge in [0, 0.05) is 18.8 Å². The number of methoxy groups -OCH3 is 1. The van der Waals surface area contributed by atoms with E-state index in [9.17, 15) is 4.79 Å². The first kappa shape index (κ1) is 15.6. The van der Waals surface area contributed by atoms with Crippen molar-refractivity contribution in [3.05, 3.63) is 48.2 Å². The van der Waals surface area contributed by atoms with E-state index in [4.69, 9.17) is 9.47 Å². The van der Waals surface area contributed by atoms with Gasteiger partial charge >= 0.3 is 0 Å². The number of pyridine rings is 1. The SMILES string of the molecule is CNc1cc(C(=O)NCCOc2ccc(OC)cc2)ccn1. The van der Waals surface area contributed by atoms with Crippen LogP contribution >= 0.6 is 0 Å². The van der Waals surface area contributed by atoms with Crippen molar-refractivity contribution in [1.29, 1.82) is 0 Å². The van der Waals surface area contributed by atoms with Gasteiger partial charge in [0.25, 0.3) is 5.91 Å². The van der Waals surface area contributed by atoms with E-state index >= 15 is 0 Å². The fourth-order valence-corrected chi connectivity index (χ4v) is 1.82. The standard InChI is InChI=1S/C16H19N3O3/c1-17-15-11-12(7-8-18-15)16(20)19-9-10-22-14-5-3-13(21-2)4-6-14/h3-8,11H,9-10H2,1-2H3,(H,17,18)(H,19,20). The molecule has 0 saturated heterocycles. The summed E-state index contributed by atoms with van der Waals surface area (Å²) in [5.41, 5.74) is 0.559. The Kier molecular flexibility index (Phi) is 5.59. The second-order valence-corrected chi connectivity index (χ2v) is 4.46. The fourth-order valence-electron chi connectivity index (χ4n) is 1.82. The molecule has 0 atom stereocenters. The Bertz CT molecular complexity index is 614. The van der Waals surface area contributed by atoms with E-state index in [1.807, 2.05) is 24.3 Å². The molecule has 1 amide bonds. The quantitative estimate of drug-likeness (QED) is 0.765. The van der Waals surface area contributed by atoms with Crippen LogP contribution in [0, 0.1) is 0 Å². The monoisotopic (exact) mass is 301 g/mol. The van der Waals surface area contributed by atoms with Crippen LogP contribution in [0.5, 0.6) is 11.5 Å². The molecule has 0 unspecified atom stereocenters. The van der Waals surface area contributed by atoms with Crippen LogP contribution < -0.4 is 20.1 Å². The molecule has 22 heavy (non-hydrogen) atoms. The summed E-state index contributed by atoms with van der Waals surface area (Å²) in [7, 11) is 3.37. The first-order chi connectivity index (χ1) is 10.7. The molecule has 0 spiro atoms. The summed E-state index contributed by atoms with van der Waals surface area (Å²) >= 11 is 0. The third-order valence-corrected chi connectivity index (χ3v) is 2.99. The van der Waals surface area contributed by atoms with Gasteiger partial charge in [-0.2, -0.15) is 0 Å². The van der Waals surface area contributed by atoms with Crippen molar-refractivity contribution in [2.24, 2.45) is 0 Å². The summed E-state index contributed by atoms with van der Waals surface area (Å²) in [5, 5.41) is 5.69. The summed E-state index contributed by atoms with van der Waals surface area (Å²) in [6.45, 7) is 0.810. The number of benzene rings is 1. The number of ether oxygens (including phenoxy) is 2. The van der Waals surface area contributed by atoms with E-state index in [1.165, 1.54) is 0 Å². The van der Waals surface area contributed by atoms with Crippen LogP contribution in [0.1, 0.15) is 10.4 Å². The lowest BCUT2D eigenvalue weighted by atomic mass is 10.2. The minimum atomic E-state index is -0.155. The molecular weight excluding hydrogens is 282 g/mol. The molecular formula is C16H19N3O3. The van der Waals surface area contributed by atoms with Gasteiger partial charge in [-0.15, -0.1) is 0 Å². The van der Waals surface area contributed by atoms with Gasteiger partial charge in [0.15, 0.2) is 0 Å². The van der Waals surface area contributed by atoms with Crippen molar-refractivity contribution in [2.75, 3.05) is 32.6 Å². The number of hydrogen-bond acceptors (Lipinski definition) is 5. The number of aromatic nitrogens is 1. The Morgan fingerprint density at radius 2 is 1.91 bits per heavy atom. The third kappa shape index (κ3) is 4.37. The Morgan fingerprint density at radius 1 is 1.18 bits per heavy atom. The normalized spacial score (nSPS) is 9.91. The summed E-state index contributed by atoms with van der Waals surface area (Å²) < 4.78 is 10.6. The predicted molar refractivity (Wildman–Crippen MR) is 84.6 cm³/mol. The second kappa shape index (κ2) is 7.87. The number of anilines is 1. The van der Waals surface area contributed by atoms with Crippen LogP contribution in [0.4, 0.5) is 5.82 Å². The number of rotatable bonds is 7. The van der Waals surface area contributed by atoms with E-state index in [0.717, 1.165) is 11.5 Å². The van der Waals surface area contributed by atoms with Crippen molar-refractivity contribution in [2.45, 2.75) is 0 Å². The highest BCUT2D eigenvalue weighted by atomic mass is 16.5. The van der Waals surface area contributed by atoms with Gasteiger partial charge in [-0.3, -0.25) is 4.79 Å². The predicted octanol–water partition coefficient (Wildman–Crippen LogP) is 1.94. The molecule has 2 aromatic rings. The molecule has 0 aliphatic carbocycles. The molecule has 0 aliphatic heterocycles. The van der Waals surface area contributed by atoms with Crippen LogP contribution in [0.3, 0.4) is 0 Å². The fraction of sp³-hybridized carbons (Fsp3) is 0.250. The molecule has 1 aromatic carbocycles. The molecule has 0 radical (unpaired) electrons. The zero-order chi connectivity index (χ0) is 15.8. The highest BCUT2D eigenvalue weighted by molar-refractivity contribution is 5.94. The number of hydrogen-bond donors (Lipinski definition) is 2. The van der Waals surface area contributed by atoms with Gasteiger partial charge in [-0.05, 0) is 36.4 Å². The lowest BCUT2D eigenvalue weighted by Gasteiger charge is -2.09. The maximum Gasteiger partial charge on any atom is 0.251 e. The smallest absolute Gasteiger partial charge is 0.251 e. The van der Waals surface area contributed by atoms with Gasteiger partial charge in [0.1, 0.15) is 23.9 Å². The summed E-state index contributed by atoms with van der Waals surface area (Å²) in [6.07, 6.45) is 1.59. The largest absolute Gasteiger partial charge is 0.497 e. The molecule has 6 nitrogen and oxygen atoms in total. The molecule has 2 N–H and O–H groups in total. The average Bonchev–Trinajstić information content (AvgIpc) is 2.59.